The summed E-state index contributed by atoms with van der Waals surface area (Å²) in [4.78, 5) is 15.4. The van der Waals surface area contributed by atoms with Crippen LogP contribution in [-0.2, 0) is 14.9 Å². The molecule has 0 bridgehead atoms. The van der Waals surface area contributed by atoms with Crippen molar-refractivity contribution in [2.45, 2.75) is 57.0 Å². The van der Waals surface area contributed by atoms with E-state index >= 15 is 0 Å². The van der Waals surface area contributed by atoms with Gasteiger partial charge in [-0.25, -0.2) is 4.39 Å². The van der Waals surface area contributed by atoms with E-state index in [1.165, 1.54) is 6.07 Å². The zero-order chi connectivity index (χ0) is 16.5. The third kappa shape index (κ3) is 3.27. The topological polar surface area (TPSA) is 29.5 Å². The van der Waals surface area contributed by atoms with E-state index in [1.54, 1.807) is 12.1 Å². The molecule has 0 N–H and O–H groups in total. The van der Waals surface area contributed by atoms with Crippen molar-refractivity contribution in [1.82, 2.24) is 4.90 Å². The van der Waals surface area contributed by atoms with E-state index in [0.717, 1.165) is 37.7 Å². The minimum atomic E-state index is -0.562. The lowest BCUT2D eigenvalue weighted by atomic mass is 9.68. The largest absolute Gasteiger partial charge is 0.372 e. The first kappa shape index (κ1) is 16.4. The molecular weight excluding hydrogens is 293 g/mol. The molecule has 0 unspecified atom stereocenters. The number of carbonyl (C=O) groups is 1. The lowest BCUT2D eigenvalue weighted by Gasteiger charge is -2.45. The van der Waals surface area contributed by atoms with E-state index in [0.29, 0.717) is 19.7 Å². The standard InChI is InChI=1S/C19H26FNO2/c1-18(2)14-21(11-12-23-18)17(22)19(9-4-3-5-10-19)15-7-6-8-16(20)13-15/h6-8,13H,3-5,9-12,14H2,1-2H3. The highest BCUT2D eigenvalue weighted by atomic mass is 19.1. The Morgan fingerprint density at radius 2 is 1.96 bits per heavy atom. The van der Waals surface area contributed by atoms with Crippen molar-refractivity contribution in [3.8, 4) is 0 Å². The maximum absolute atomic E-state index is 13.8. The summed E-state index contributed by atoms with van der Waals surface area (Å²) in [6, 6.07) is 6.63. The van der Waals surface area contributed by atoms with Gasteiger partial charge in [0.1, 0.15) is 5.82 Å². The second-order valence-electron chi connectivity index (χ2n) is 7.49. The molecule has 1 amide bonds. The molecule has 3 rings (SSSR count). The number of ether oxygens (including phenoxy) is 1. The fraction of sp³-hybridized carbons (Fsp3) is 0.632. The van der Waals surface area contributed by atoms with Gasteiger partial charge in [0.15, 0.2) is 0 Å². The maximum Gasteiger partial charge on any atom is 0.233 e. The molecule has 0 aromatic heterocycles. The van der Waals surface area contributed by atoms with E-state index in [1.807, 2.05) is 24.8 Å². The molecule has 2 fully saturated rings. The Kier molecular flexibility index (Phi) is 4.45. The Bertz CT molecular complexity index is 578. The van der Waals surface area contributed by atoms with Gasteiger partial charge in [-0.15, -0.1) is 0 Å². The minimum Gasteiger partial charge on any atom is -0.372 e. The monoisotopic (exact) mass is 319 g/mol. The third-order valence-electron chi connectivity index (χ3n) is 5.21. The van der Waals surface area contributed by atoms with Crippen LogP contribution in [0.2, 0.25) is 0 Å². The molecule has 23 heavy (non-hydrogen) atoms. The Labute approximate surface area is 137 Å². The van der Waals surface area contributed by atoms with Gasteiger partial charge in [0.25, 0.3) is 0 Å². The first-order chi connectivity index (χ1) is 10.9. The number of morpholine rings is 1. The molecule has 1 aliphatic carbocycles. The van der Waals surface area contributed by atoms with Crippen LogP contribution in [0.15, 0.2) is 24.3 Å². The van der Waals surface area contributed by atoms with Crippen LogP contribution in [0.5, 0.6) is 0 Å². The van der Waals surface area contributed by atoms with Crippen molar-refractivity contribution in [3.63, 3.8) is 0 Å². The summed E-state index contributed by atoms with van der Waals surface area (Å²) in [6.07, 6.45) is 4.82. The molecule has 0 spiro atoms. The molecule has 126 valence electrons. The Morgan fingerprint density at radius 3 is 2.61 bits per heavy atom. The number of hydrogen-bond donors (Lipinski definition) is 0. The summed E-state index contributed by atoms with van der Waals surface area (Å²) < 4.78 is 19.5. The molecular formula is C19H26FNO2. The summed E-state index contributed by atoms with van der Waals surface area (Å²) in [7, 11) is 0. The molecule has 1 aliphatic heterocycles. The fourth-order valence-corrected chi connectivity index (χ4v) is 4.06. The van der Waals surface area contributed by atoms with Gasteiger partial charge in [-0.2, -0.15) is 0 Å². The molecule has 0 atom stereocenters. The number of carbonyl (C=O) groups excluding carboxylic acids is 1. The normalized spacial score (nSPS) is 23.5. The lowest BCUT2D eigenvalue weighted by molar-refractivity contribution is -0.153. The average Bonchev–Trinajstić information content (AvgIpc) is 2.54. The van der Waals surface area contributed by atoms with Crippen molar-refractivity contribution >= 4 is 5.91 Å². The number of benzene rings is 1. The third-order valence-corrected chi connectivity index (χ3v) is 5.21. The lowest BCUT2D eigenvalue weighted by Crippen LogP contribution is -2.56. The first-order valence-corrected chi connectivity index (χ1v) is 8.62. The van der Waals surface area contributed by atoms with Crippen LogP contribution >= 0.6 is 0 Å². The van der Waals surface area contributed by atoms with Gasteiger partial charge in [0.2, 0.25) is 5.91 Å². The van der Waals surface area contributed by atoms with Crippen LogP contribution in [0.3, 0.4) is 0 Å². The number of halogens is 1. The Hall–Kier alpha value is -1.42. The second kappa shape index (κ2) is 6.23. The Balaban J connectivity index is 1.94. The van der Waals surface area contributed by atoms with Gasteiger partial charge >= 0.3 is 0 Å². The van der Waals surface area contributed by atoms with Crippen molar-refractivity contribution in [1.29, 1.82) is 0 Å². The van der Waals surface area contributed by atoms with Gasteiger partial charge in [-0.05, 0) is 44.4 Å². The minimum absolute atomic E-state index is 0.152. The molecule has 3 nitrogen and oxygen atoms in total. The quantitative estimate of drug-likeness (QED) is 0.832. The van der Waals surface area contributed by atoms with Crippen LogP contribution < -0.4 is 0 Å². The van der Waals surface area contributed by atoms with Crippen LogP contribution in [0, 0.1) is 5.82 Å². The zero-order valence-electron chi connectivity index (χ0n) is 14.1. The number of amides is 1. The van der Waals surface area contributed by atoms with E-state index in [4.69, 9.17) is 4.74 Å². The smallest absolute Gasteiger partial charge is 0.233 e. The first-order valence-electron chi connectivity index (χ1n) is 8.62. The molecule has 1 aromatic rings. The number of hydrogen-bond acceptors (Lipinski definition) is 2. The van der Waals surface area contributed by atoms with E-state index < -0.39 is 5.41 Å². The summed E-state index contributed by atoms with van der Waals surface area (Å²) in [5, 5.41) is 0. The highest BCUT2D eigenvalue weighted by Gasteiger charge is 2.45. The molecule has 4 heteroatoms. The van der Waals surface area contributed by atoms with Gasteiger partial charge in [-0.3, -0.25) is 4.79 Å². The van der Waals surface area contributed by atoms with Gasteiger partial charge < -0.3 is 9.64 Å². The molecule has 2 aliphatic rings. The molecule has 1 heterocycles. The van der Waals surface area contributed by atoms with Crippen LogP contribution in [0.1, 0.15) is 51.5 Å². The number of nitrogens with zero attached hydrogens (tertiary/aromatic N) is 1. The number of rotatable bonds is 2. The molecule has 1 saturated heterocycles. The highest BCUT2D eigenvalue weighted by molar-refractivity contribution is 5.88. The van der Waals surface area contributed by atoms with Gasteiger partial charge in [0, 0.05) is 13.1 Å². The van der Waals surface area contributed by atoms with Crippen molar-refractivity contribution < 1.29 is 13.9 Å². The van der Waals surface area contributed by atoms with E-state index in [-0.39, 0.29) is 17.3 Å². The van der Waals surface area contributed by atoms with Gasteiger partial charge in [-0.1, -0.05) is 31.4 Å². The maximum atomic E-state index is 13.8. The van der Waals surface area contributed by atoms with E-state index in [2.05, 4.69) is 0 Å². The molecule has 0 radical (unpaired) electrons. The fourth-order valence-electron chi connectivity index (χ4n) is 4.06. The van der Waals surface area contributed by atoms with Crippen LogP contribution in [0.4, 0.5) is 4.39 Å². The highest BCUT2D eigenvalue weighted by Crippen LogP contribution is 2.41. The van der Waals surface area contributed by atoms with Crippen LogP contribution in [0.25, 0.3) is 0 Å². The van der Waals surface area contributed by atoms with Gasteiger partial charge in [0.05, 0.1) is 17.6 Å². The average molecular weight is 319 g/mol. The molecule has 1 aromatic carbocycles. The summed E-state index contributed by atoms with van der Waals surface area (Å²) in [5.41, 5.74) is -0.0362. The SMILES string of the molecule is CC1(C)CN(C(=O)C2(c3cccc(F)c3)CCCCC2)CCO1. The zero-order valence-corrected chi connectivity index (χ0v) is 14.1. The van der Waals surface area contributed by atoms with E-state index in [9.17, 15) is 9.18 Å². The summed E-state index contributed by atoms with van der Waals surface area (Å²) in [5.74, 6) is -0.110. The molecule has 1 saturated carbocycles. The van der Waals surface area contributed by atoms with Crippen molar-refractivity contribution in [2.24, 2.45) is 0 Å². The van der Waals surface area contributed by atoms with Crippen LogP contribution in [-0.4, -0.2) is 36.1 Å². The predicted molar refractivity (Wildman–Crippen MR) is 87.8 cm³/mol. The van der Waals surface area contributed by atoms with Crippen molar-refractivity contribution in [3.05, 3.63) is 35.6 Å². The van der Waals surface area contributed by atoms with Crippen molar-refractivity contribution in [2.75, 3.05) is 19.7 Å². The Morgan fingerprint density at radius 1 is 1.22 bits per heavy atom. The summed E-state index contributed by atoms with van der Waals surface area (Å²) in [6.45, 7) is 5.82. The summed E-state index contributed by atoms with van der Waals surface area (Å²) >= 11 is 0. The predicted octanol–water partition coefficient (Wildman–Crippen LogP) is 3.67. The second-order valence-corrected chi connectivity index (χ2v) is 7.49.